The van der Waals surface area contributed by atoms with E-state index in [0.29, 0.717) is 0 Å². The predicted molar refractivity (Wildman–Crippen MR) is 97.4 cm³/mol. The maximum absolute atomic E-state index is 12.3. The van der Waals surface area contributed by atoms with Crippen LogP contribution >= 0.6 is 0 Å². The van der Waals surface area contributed by atoms with Crippen LogP contribution in [0.4, 0.5) is 5.69 Å². The number of hydrogen-bond acceptors (Lipinski definition) is 3. The van der Waals surface area contributed by atoms with Crippen LogP contribution in [0.1, 0.15) is 24.1 Å². The van der Waals surface area contributed by atoms with E-state index >= 15 is 0 Å². The minimum absolute atomic E-state index is 0.0929. The predicted octanol–water partition coefficient (Wildman–Crippen LogP) is 3.54. The van der Waals surface area contributed by atoms with Gasteiger partial charge in [-0.3, -0.25) is 4.79 Å². The van der Waals surface area contributed by atoms with Gasteiger partial charge < -0.3 is 10.2 Å². The Bertz CT molecular complexity index is 756. The summed E-state index contributed by atoms with van der Waals surface area (Å²) in [5, 5.41) is 12.2. The zero-order valence-corrected chi connectivity index (χ0v) is 14.2. The molecule has 4 nitrogen and oxygen atoms in total. The van der Waals surface area contributed by atoms with Crippen LogP contribution < -0.4 is 10.2 Å². The van der Waals surface area contributed by atoms with Crippen LogP contribution in [-0.4, -0.2) is 20.0 Å². The molecule has 0 unspecified atom stereocenters. The Morgan fingerprint density at radius 2 is 1.75 bits per heavy atom. The number of nitriles is 1. The first kappa shape index (κ1) is 17.3. The molecular formula is C20H21N3O. The Morgan fingerprint density at radius 3 is 2.29 bits per heavy atom. The van der Waals surface area contributed by atoms with Crippen molar-refractivity contribution in [3.63, 3.8) is 0 Å². The van der Waals surface area contributed by atoms with Gasteiger partial charge in [0.05, 0.1) is 6.04 Å². The summed E-state index contributed by atoms with van der Waals surface area (Å²) in [6.07, 6.45) is 1.60. The van der Waals surface area contributed by atoms with E-state index in [2.05, 4.69) is 5.32 Å². The van der Waals surface area contributed by atoms with Crippen LogP contribution in [0.2, 0.25) is 0 Å². The first-order valence-electron chi connectivity index (χ1n) is 7.76. The number of rotatable bonds is 5. The van der Waals surface area contributed by atoms with Crippen LogP contribution in [-0.2, 0) is 4.79 Å². The summed E-state index contributed by atoms with van der Waals surface area (Å²) in [7, 11) is 3.92. The van der Waals surface area contributed by atoms with Gasteiger partial charge in [0.1, 0.15) is 11.6 Å². The van der Waals surface area contributed by atoms with Gasteiger partial charge in [-0.1, -0.05) is 42.5 Å². The van der Waals surface area contributed by atoms with E-state index in [1.165, 1.54) is 0 Å². The van der Waals surface area contributed by atoms with Crippen molar-refractivity contribution >= 4 is 17.7 Å². The van der Waals surface area contributed by atoms with Crippen molar-refractivity contribution in [3.05, 3.63) is 71.3 Å². The van der Waals surface area contributed by atoms with Crippen molar-refractivity contribution < 1.29 is 4.79 Å². The lowest BCUT2D eigenvalue weighted by Gasteiger charge is -2.14. The molecule has 0 radical (unpaired) electrons. The molecule has 2 aromatic rings. The van der Waals surface area contributed by atoms with Gasteiger partial charge in [0.2, 0.25) is 0 Å². The van der Waals surface area contributed by atoms with Gasteiger partial charge in [-0.05, 0) is 36.3 Å². The molecule has 0 spiro atoms. The zero-order valence-electron chi connectivity index (χ0n) is 14.2. The third kappa shape index (κ3) is 4.47. The summed E-state index contributed by atoms with van der Waals surface area (Å²) in [5.41, 5.74) is 2.97. The molecule has 0 aliphatic heterocycles. The Balaban J connectivity index is 2.12. The van der Waals surface area contributed by atoms with Gasteiger partial charge in [-0.2, -0.15) is 5.26 Å². The smallest absolute Gasteiger partial charge is 0.262 e. The Morgan fingerprint density at radius 1 is 1.12 bits per heavy atom. The molecule has 4 heteroatoms. The number of benzene rings is 2. The second kappa shape index (κ2) is 7.98. The second-order valence-electron chi connectivity index (χ2n) is 5.76. The van der Waals surface area contributed by atoms with Gasteiger partial charge >= 0.3 is 0 Å². The first-order valence-corrected chi connectivity index (χ1v) is 7.76. The van der Waals surface area contributed by atoms with E-state index < -0.39 is 0 Å². The Labute approximate surface area is 143 Å². The van der Waals surface area contributed by atoms with Crippen molar-refractivity contribution in [1.82, 2.24) is 5.32 Å². The highest BCUT2D eigenvalue weighted by Gasteiger charge is 2.13. The molecule has 0 aliphatic rings. The third-order valence-electron chi connectivity index (χ3n) is 3.73. The number of anilines is 1. The van der Waals surface area contributed by atoms with Gasteiger partial charge in [0.15, 0.2) is 0 Å². The van der Waals surface area contributed by atoms with Crippen LogP contribution in [0, 0.1) is 11.3 Å². The van der Waals surface area contributed by atoms with Crippen molar-refractivity contribution in [2.75, 3.05) is 19.0 Å². The summed E-state index contributed by atoms with van der Waals surface area (Å²) in [6, 6.07) is 19.2. The number of nitrogens with zero attached hydrogens (tertiary/aromatic N) is 2. The largest absolute Gasteiger partial charge is 0.378 e. The second-order valence-corrected chi connectivity index (χ2v) is 5.76. The summed E-state index contributed by atoms with van der Waals surface area (Å²) in [4.78, 5) is 14.3. The molecule has 1 N–H and O–H groups in total. The van der Waals surface area contributed by atoms with Crippen molar-refractivity contribution in [3.8, 4) is 6.07 Å². The van der Waals surface area contributed by atoms with Gasteiger partial charge in [-0.15, -0.1) is 0 Å². The van der Waals surface area contributed by atoms with Gasteiger partial charge in [0, 0.05) is 19.8 Å². The van der Waals surface area contributed by atoms with Crippen molar-refractivity contribution in [2.45, 2.75) is 13.0 Å². The van der Waals surface area contributed by atoms with Crippen LogP contribution in [0.25, 0.3) is 6.08 Å². The number of amides is 1. The summed E-state index contributed by atoms with van der Waals surface area (Å²) >= 11 is 0. The fourth-order valence-corrected chi connectivity index (χ4v) is 2.28. The van der Waals surface area contributed by atoms with E-state index in [-0.39, 0.29) is 17.5 Å². The van der Waals surface area contributed by atoms with Crippen LogP contribution in [0.5, 0.6) is 0 Å². The number of hydrogen-bond donors (Lipinski definition) is 1. The topological polar surface area (TPSA) is 56.1 Å². The maximum atomic E-state index is 12.3. The molecule has 0 aliphatic carbocycles. The third-order valence-corrected chi connectivity index (χ3v) is 3.73. The molecule has 0 heterocycles. The van der Waals surface area contributed by atoms with Gasteiger partial charge in [-0.25, -0.2) is 0 Å². The zero-order chi connectivity index (χ0) is 17.5. The van der Waals surface area contributed by atoms with Crippen LogP contribution in [0.15, 0.2) is 60.2 Å². The quantitative estimate of drug-likeness (QED) is 0.677. The molecule has 1 atom stereocenters. The maximum Gasteiger partial charge on any atom is 0.262 e. The normalized spacial score (nSPS) is 12.2. The fraction of sp³-hybridized carbons (Fsp3) is 0.200. The van der Waals surface area contributed by atoms with E-state index in [4.69, 9.17) is 0 Å². The minimum Gasteiger partial charge on any atom is -0.378 e. The summed E-state index contributed by atoms with van der Waals surface area (Å²) < 4.78 is 0. The SMILES string of the molecule is C[C@@H](NC(=O)/C(C#N)=C/c1ccc(N(C)C)cc1)c1ccccc1. The molecule has 122 valence electrons. The molecule has 24 heavy (non-hydrogen) atoms. The molecule has 1 amide bonds. The monoisotopic (exact) mass is 319 g/mol. The fourth-order valence-electron chi connectivity index (χ4n) is 2.28. The van der Waals surface area contributed by atoms with Crippen molar-refractivity contribution in [2.24, 2.45) is 0 Å². The molecule has 2 rings (SSSR count). The number of carbonyl (C=O) groups is 1. The Hall–Kier alpha value is -3.06. The molecule has 0 saturated carbocycles. The highest BCUT2D eigenvalue weighted by Crippen LogP contribution is 2.16. The number of carbonyl (C=O) groups excluding carboxylic acids is 1. The average Bonchev–Trinajstić information content (AvgIpc) is 2.60. The van der Waals surface area contributed by atoms with Gasteiger partial charge in [0.25, 0.3) is 5.91 Å². The average molecular weight is 319 g/mol. The van der Waals surface area contributed by atoms with E-state index in [1.54, 1.807) is 6.08 Å². The molecule has 0 aromatic heterocycles. The van der Waals surface area contributed by atoms with E-state index in [9.17, 15) is 10.1 Å². The molecule has 0 bridgehead atoms. The minimum atomic E-state index is -0.370. The standard InChI is InChI=1S/C20H21N3O/c1-15(17-7-5-4-6-8-17)22-20(24)18(14-21)13-16-9-11-19(12-10-16)23(2)3/h4-13,15H,1-3H3,(H,22,24)/b18-13+/t15-/m1/s1. The lowest BCUT2D eigenvalue weighted by atomic mass is 10.1. The highest BCUT2D eigenvalue weighted by molar-refractivity contribution is 6.01. The summed E-state index contributed by atoms with van der Waals surface area (Å²) in [5.74, 6) is -0.370. The molecule has 0 saturated heterocycles. The van der Waals surface area contributed by atoms with Crippen molar-refractivity contribution in [1.29, 1.82) is 5.26 Å². The lowest BCUT2D eigenvalue weighted by molar-refractivity contribution is -0.117. The first-order chi connectivity index (χ1) is 11.5. The van der Waals surface area contributed by atoms with E-state index in [1.807, 2.05) is 86.6 Å². The molecular weight excluding hydrogens is 298 g/mol. The van der Waals surface area contributed by atoms with E-state index in [0.717, 1.165) is 16.8 Å². The number of nitrogens with one attached hydrogen (secondary N) is 1. The Kier molecular flexibility index (Phi) is 5.75. The van der Waals surface area contributed by atoms with Crippen LogP contribution in [0.3, 0.4) is 0 Å². The highest BCUT2D eigenvalue weighted by atomic mass is 16.1. The summed E-state index contributed by atoms with van der Waals surface area (Å²) in [6.45, 7) is 1.90. The molecule has 0 fully saturated rings. The molecule has 2 aromatic carbocycles. The lowest BCUT2D eigenvalue weighted by Crippen LogP contribution is -2.27.